The van der Waals surface area contributed by atoms with Crippen LogP contribution in [0.25, 0.3) is 22.7 Å². The summed E-state index contributed by atoms with van der Waals surface area (Å²) in [5.74, 6) is 0.995. The summed E-state index contributed by atoms with van der Waals surface area (Å²) in [6.45, 7) is 2.56. The highest BCUT2D eigenvalue weighted by molar-refractivity contribution is 9.10. The van der Waals surface area contributed by atoms with Crippen LogP contribution in [0.5, 0.6) is 11.5 Å². The van der Waals surface area contributed by atoms with Crippen LogP contribution in [0.1, 0.15) is 23.9 Å². The van der Waals surface area contributed by atoms with Crippen LogP contribution in [0.4, 0.5) is 4.39 Å². The normalized spacial score (nSPS) is 11.5. The van der Waals surface area contributed by atoms with Gasteiger partial charge in [-0.15, -0.1) is 0 Å². The average Bonchev–Trinajstić information content (AvgIpc) is 3.23. The molecule has 34 heavy (non-hydrogen) atoms. The lowest BCUT2D eigenvalue weighted by atomic mass is 10.1. The van der Waals surface area contributed by atoms with Gasteiger partial charge in [-0.2, -0.15) is 5.26 Å². The fraction of sp³-hybridized carbons (Fsp3) is 0.120. The van der Waals surface area contributed by atoms with Crippen molar-refractivity contribution in [3.63, 3.8) is 0 Å². The van der Waals surface area contributed by atoms with Gasteiger partial charge in [-0.1, -0.05) is 45.2 Å². The van der Waals surface area contributed by atoms with Gasteiger partial charge in [0.15, 0.2) is 11.5 Å². The highest BCUT2D eigenvalue weighted by Gasteiger charge is 2.14. The Morgan fingerprint density at radius 3 is 2.65 bits per heavy atom. The Balaban J connectivity index is 1.65. The molecule has 0 radical (unpaired) electrons. The second kappa shape index (κ2) is 10.5. The van der Waals surface area contributed by atoms with Crippen molar-refractivity contribution >= 4 is 61.8 Å². The molecule has 5 nitrogen and oxygen atoms in total. The third kappa shape index (κ3) is 5.36. The summed E-state index contributed by atoms with van der Waals surface area (Å²) in [6.07, 6.45) is 1.67. The van der Waals surface area contributed by atoms with Crippen LogP contribution < -0.4 is 9.47 Å². The summed E-state index contributed by atoms with van der Waals surface area (Å²) in [4.78, 5) is 7.39. The van der Waals surface area contributed by atoms with Gasteiger partial charge in [0, 0.05) is 4.47 Å². The first kappa shape index (κ1) is 24.1. The summed E-state index contributed by atoms with van der Waals surface area (Å²) in [7, 11) is 0. The molecule has 0 amide bonds. The van der Waals surface area contributed by atoms with E-state index in [0.717, 1.165) is 5.56 Å². The number of allylic oxidation sites excluding steroid dienone is 1. The number of H-pyrrole nitrogens is 1. The van der Waals surface area contributed by atoms with Crippen molar-refractivity contribution in [3.05, 3.63) is 85.8 Å². The van der Waals surface area contributed by atoms with Gasteiger partial charge in [-0.05, 0) is 66.6 Å². The van der Waals surface area contributed by atoms with E-state index in [2.05, 4.69) is 32.0 Å². The minimum atomic E-state index is -0.384. The Hall–Kier alpha value is -3.05. The first-order valence-corrected chi connectivity index (χ1v) is 11.7. The van der Waals surface area contributed by atoms with Gasteiger partial charge in [-0.25, -0.2) is 9.37 Å². The Morgan fingerprint density at radius 2 is 1.91 bits per heavy atom. The molecule has 1 aromatic heterocycles. The van der Waals surface area contributed by atoms with Crippen LogP contribution in [0.3, 0.4) is 0 Å². The van der Waals surface area contributed by atoms with Gasteiger partial charge in [0.25, 0.3) is 0 Å². The lowest BCUT2D eigenvalue weighted by molar-refractivity contribution is 0.269. The van der Waals surface area contributed by atoms with E-state index in [1.54, 1.807) is 36.4 Å². The summed E-state index contributed by atoms with van der Waals surface area (Å²) in [6, 6.07) is 15.2. The van der Waals surface area contributed by atoms with Crippen LogP contribution in [0, 0.1) is 17.1 Å². The molecule has 0 saturated carbocycles. The summed E-state index contributed by atoms with van der Waals surface area (Å²) < 4.78 is 26.0. The molecular formula is C25H17BrCl2FN3O2. The maximum Gasteiger partial charge on any atom is 0.162 e. The molecule has 0 atom stereocenters. The van der Waals surface area contributed by atoms with Crippen molar-refractivity contribution in [2.45, 2.75) is 13.5 Å². The topological polar surface area (TPSA) is 70.9 Å². The zero-order valence-electron chi connectivity index (χ0n) is 17.8. The first-order valence-electron chi connectivity index (χ1n) is 10.2. The Bertz CT molecular complexity index is 1450. The van der Waals surface area contributed by atoms with Crippen molar-refractivity contribution in [2.75, 3.05) is 6.61 Å². The maximum atomic E-state index is 13.5. The molecule has 0 bridgehead atoms. The molecule has 0 fully saturated rings. The molecule has 0 saturated heterocycles. The van der Waals surface area contributed by atoms with Crippen molar-refractivity contribution < 1.29 is 13.9 Å². The number of nitriles is 1. The number of rotatable bonds is 7. The molecule has 4 aromatic rings. The fourth-order valence-corrected chi connectivity index (χ4v) is 4.01. The van der Waals surface area contributed by atoms with Crippen molar-refractivity contribution in [2.24, 2.45) is 0 Å². The molecular weight excluding hydrogens is 544 g/mol. The highest BCUT2D eigenvalue weighted by Crippen LogP contribution is 2.36. The number of hydrogen-bond donors (Lipinski definition) is 1. The lowest BCUT2D eigenvalue weighted by Gasteiger charge is -2.14. The van der Waals surface area contributed by atoms with Crippen LogP contribution >= 0.6 is 39.1 Å². The van der Waals surface area contributed by atoms with Crippen LogP contribution in [-0.4, -0.2) is 16.6 Å². The number of ether oxygens (including phenoxy) is 2. The number of aromatic amines is 1. The molecule has 0 unspecified atom stereocenters. The van der Waals surface area contributed by atoms with Gasteiger partial charge in [0.2, 0.25) is 0 Å². The van der Waals surface area contributed by atoms with Crippen LogP contribution in [-0.2, 0) is 6.61 Å². The van der Waals surface area contributed by atoms with Crippen molar-refractivity contribution in [1.29, 1.82) is 5.26 Å². The smallest absolute Gasteiger partial charge is 0.162 e. The number of halogens is 4. The summed E-state index contributed by atoms with van der Waals surface area (Å²) in [5.41, 5.74) is 2.90. The molecule has 0 aliphatic heterocycles. The zero-order valence-corrected chi connectivity index (χ0v) is 20.9. The second-order valence-corrected chi connectivity index (χ2v) is 8.88. The third-order valence-electron chi connectivity index (χ3n) is 4.86. The summed E-state index contributed by atoms with van der Waals surface area (Å²) in [5, 5.41) is 10.7. The minimum absolute atomic E-state index is 0.261. The van der Waals surface area contributed by atoms with E-state index in [-0.39, 0.29) is 18.0 Å². The molecule has 1 N–H and O–H groups in total. The largest absolute Gasteiger partial charge is 0.490 e. The number of benzene rings is 3. The molecule has 3 aromatic carbocycles. The number of fused-ring (bicyclic) bond motifs is 1. The second-order valence-electron chi connectivity index (χ2n) is 7.21. The lowest BCUT2D eigenvalue weighted by Crippen LogP contribution is -2.00. The van der Waals surface area contributed by atoms with E-state index < -0.39 is 0 Å². The summed E-state index contributed by atoms with van der Waals surface area (Å²) >= 11 is 15.6. The van der Waals surface area contributed by atoms with E-state index in [0.29, 0.717) is 55.0 Å². The molecule has 9 heteroatoms. The Kier molecular flexibility index (Phi) is 7.42. The molecule has 4 rings (SSSR count). The highest BCUT2D eigenvalue weighted by atomic mass is 79.9. The van der Waals surface area contributed by atoms with E-state index in [1.807, 2.05) is 13.0 Å². The third-order valence-corrected chi connectivity index (χ3v) is 6.29. The van der Waals surface area contributed by atoms with Gasteiger partial charge in [0.1, 0.15) is 24.3 Å². The quantitative estimate of drug-likeness (QED) is 0.234. The van der Waals surface area contributed by atoms with E-state index in [4.69, 9.17) is 32.7 Å². The number of aromatic nitrogens is 2. The molecule has 0 aliphatic carbocycles. The SMILES string of the molecule is CCOc1cc(/C=C(/C#N)c2nc3ccc(F)cc3[nH]2)c(Br)cc1OCc1ccc(Cl)c(Cl)c1. The van der Waals surface area contributed by atoms with Gasteiger partial charge >= 0.3 is 0 Å². The number of hydrogen-bond acceptors (Lipinski definition) is 4. The van der Waals surface area contributed by atoms with Gasteiger partial charge < -0.3 is 14.5 Å². The molecule has 0 aliphatic rings. The van der Waals surface area contributed by atoms with Crippen molar-refractivity contribution in [1.82, 2.24) is 9.97 Å². The molecule has 172 valence electrons. The minimum Gasteiger partial charge on any atom is -0.490 e. The Labute approximate surface area is 213 Å². The van der Waals surface area contributed by atoms with E-state index in [9.17, 15) is 9.65 Å². The first-order chi connectivity index (χ1) is 16.4. The predicted octanol–water partition coefficient (Wildman–Crippen LogP) is 7.81. The number of nitrogens with zero attached hydrogens (tertiary/aromatic N) is 2. The fourth-order valence-electron chi connectivity index (χ4n) is 3.25. The Morgan fingerprint density at radius 1 is 1.12 bits per heavy atom. The van der Waals surface area contributed by atoms with Crippen LogP contribution in [0.2, 0.25) is 10.0 Å². The average molecular weight is 561 g/mol. The van der Waals surface area contributed by atoms with Gasteiger partial charge in [-0.3, -0.25) is 0 Å². The van der Waals surface area contributed by atoms with Gasteiger partial charge in [0.05, 0.1) is 33.3 Å². The van der Waals surface area contributed by atoms with Crippen molar-refractivity contribution in [3.8, 4) is 17.6 Å². The van der Waals surface area contributed by atoms with Crippen LogP contribution in [0.15, 0.2) is 53.0 Å². The number of nitrogens with one attached hydrogen (secondary N) is 1. The predicted molar refractivity (Wildman–Crippen MR) is 136 cm³/mol. The maximum absolute atomic E-state index is 13.5. The standard InChI is InChI=1S/C25H17BrCl2FN3O2/c1-2-33-23-9-15(8-16(12-30)25-31-21-6-4-17(29)10-22(21)32-25)18(26)11-24(23)34-13-14-3-5-19(27)20(28)7-14/h3-11H,2,13H2,1H3,(H,31,32)/b16-8-. The number of imidazole rings is 1. The monoisotopic (exact) mass is 559 g/mol. The van der Waals surface area contributed by atoms with E-state index in [1.165, 1.54) is 12.1 Å². The molecule has 0 spiro atoms. The molecule has 1 heterocycles. The zero-order chi connectivity index (χ0) is 24.2. The van der Waals surface area contributed by atoms with E-state index >= 15 is 0 Å².